The normalized spacial score (nSPS) is 11.9. The monoisotopic (exact) mass is 397 g/mol. The molecule has 28 heavy (non-hydrogen) atoms. The molecule has 1 aromatic heterocycles. The highest BCUT2D eigenvalue weighted by Crippen LogP contribution is 2.29. The van der Waals surface area contributed by atoms with Crippen LogP contribution in [0.25, 0.3) is 11.4 Å². The van der Waals surface area contributed by atoms with Crippen LogP contribution in [0.15, 0.2) is 53.7 Å². The van der Waals surface area contributed by atoms with Gasteiger partial charge in [0.25, 0.3) is 0 Å². The maximum absolute atomic E-state index is 12.8. The number of nitrogens with zero attached hydrogens (tertiary/aromatic N) is 3. The van der Waals surface area contributed by atoms with Gasteiger partial charge in [-0.1, -0.05) is 11.8 Å². The number of benzene rings is 2. The van der Waals surface area contributed by atoms with Crippen LogP contribution in [0.5, 0.6) is 11.5 Å². The topological polar surface area (TPSA) is 66.2 Å². The fourth-order valence-electron chi connectivity index (χ4n) is 2.82. The van der Waals surface area contributed by atoms with E-state index in [1.165, 1.54) is 11.8 Å². The summed E-state index contributed by atoms with van der Waals surface area (Å²) >= 11 is 1.41. The van der Waals surface area contributed by atoms with Gasteiger partial charge in [0.05, 0.1) is 19.5 Å². The Bertz CT molecular complexity index is 937. The van der Waals surface area contributed by atoms with Crippen molar-refractivity contribution in [1.29, 1.82) is 0 Å². The zero-order valence-electron chi connectivity index (χ0n) is 16.4. The molecule has 0 aliphatic heterocycles. The number of aromatic nitrogens is 3. The van der Waals surface area contributed by atoms with E-state index in [0.29, 0.717) is 12.1 Å². The third kappa shape index (κ3) is 4.20. The van der Waals surface area contributed by atoms with Gasteiger partial charge < -0.3 is 14.0 Å². The maximum Gasteiger partial charge on any atom is 0.192 e. The molecule has 0 saturated heterocycles. The van der Waals surface area contributed by atoms with Gasteiger partial charge in [-0.05, 0) is 62.4 Å². The second-order valence-corrected chi connectivity index (χ2v) is 7.44. The molecule has 0 bridgehead atoms. The number of Topliss-reactive ketones (excluding diaryl/α,β-unsaturated/α-hetero) is 1. The molecular formula is C21H23N3O3S. The molecule has 6 nitrogen and oxygen atoms in total. The molecule has 7 heteroatoms. The number of ether oxygens (including phenoxy) is 2. The SMILES string of the molecule is CCn1c(S[C@H](C)C(=O)c2ccc(OC)cc2)nnc1-c1ccc(OC)cc1. The third-order valence-electron chi connectivity index (χ3n) is 4.41. The third-order valence-corrected chi connectivity index (χ3v) is 5.49. The molecule has 0 N–H and O–H groups in total. The van der Waals surface area contributed by atoms with Crippen LogP contribution in [0.2, 0.25) is 0 Å². The predicted octanol–water partition coefficient (Wildman–Crippen LogP) is 4.35. The Labute approximate surface area is 168 Å². The fourth-order valence-corrected chi connectivity index (χ4v) is 3.81. The van der Waals surface area contributed by atoms with Crippen LogP contribution in [0.1, 0.15) is 24.2 Å². The maximum atomic E-state index is 12.8. The lowest BCUT2D eigenvalue weighted by molar-refractivity contribution is 0.0994. The standard InChI is InChI=1S/C21H23N3O3S/c1-5-24-20(16-8-12-18(27-4)13-9-16)22-23-21(24)28-14(2)19(25)15-6-10-17(26-3)11-7-15/h6-14H,5H2,1-4H3/t14-/m1/s1. The quantitative estimate of drug-likeness (QED) is 0.416. The summed E-state index contributed by atoms with van der Waals surface area (Å²) in [5.41, 5.74) is 1.61. The highest BCUT2D eigenvalue weighted by atomic mass is 32.2. The number of carbonyl (C=O) groups excluding carboxylic acids is 1. The Morgan fingerprint density at radius 1 is 1.00 bits per heavy atom. The summed E-state index contributed by atoms with van der Waals surface area (Å²) in [6, 6.07) is 14.9. The first-order valence-corrected chi connectivity index (χ1v) is 9.87. The molecule has 3 rings (SSSR count). The zero-order valence-corrected chi connectivity index (χ0v) is 17.2. The molecule has 1 atom stereocenters. The van der Waals surface area contributed by atoms with Crippen LogP contribution < -0.4 is 9.47 Å². The first-order valence-electron chi connectivity index (χ1n) is 9.00. The summed E-state index contributed by atoms with van der Waals surface area (Å²) in [6.45, 7) is 4.63. The molecule has 0 unspecified atom stereocenters. The summed E-state index contributed by atoms with van der Waals surface area (Å²) in [4.78, 5) is 12.8. The number of hydrogen-bond acceptors (Lipinski definition) is 6. The van der Waals surface area contributed by atoms with E-state index in [0.717, 1.165) is 28.0 Å². The van der Waals surface area contributed by atoms with Gasteiger partial charge in [-0.15, -0.1) is 10.2 Å². The number of methoxy groups -OCH3 is 2. The second-order valence-electron chi connectivity index (χ2n) is 6.13. The molecule has 0 spiro atoms. The molecule has 2 aromatic carbocycles. The van der Waals surface area contributed by atoms with Crippen LogP contribution in [-0.4, -0.2) is 40.0 Å². The van der Waals surface area contributed by atoms with E-state index in [9.17, 15) is 4.79 Å². The molecule has 0 amide bonds. The first-order chi connectivity index (χ1) is 13.6. The number of rotatable bonds is 8. The summed E-state index contributed by atoms with van der Waals surface area (Å²) in [5.74, 6) is 2.34. The summed E-state index contributed by atoms with van der Waals surface area (Å²) < 4.78 is 12.4. The van der Waals surface area contributed by atoms with E-state index in [1.54, 1.807) is 38.5 Å². The Kier molecular flexibility index (Phi) is 6.36. The lowest BCUT2D eigenvalue weighted by Crippen LogP contribution is -2.14. The van der Waals surface area contributed by atoms with Gasteiger partial charge >= 0.3 is 0 Å². The van der Waals surface area contributed by atoms with Gasteiger partial charge in [0.1, 0.15) is 11.5 Å². The first kappa shape index (κ1) is 19.9. The molecule has 1 heterocycles. The van der Waals surface area contributed by atoms with Crippen molar-refractivity contribution in [3.05, 3.63) is 54.1 Å². The van der Waals surface area contributed by atoms with E-state index in [4.69, 9.17) is 9.47 Å². The Balaban J connectivity index is 1.79. The van der Waals surface area contributed by atoms with Crippen molar-refractivity contribution >= 4 is 17.5 Å². The highest BCUT2D eigenvalue weighted by Gasteiger charge is 2.21. The van der Waals surface area contributed by atoms with E-state index in [2.05, 4.69) is 10.2 Å². The van der Waals surface area contributed by atoms with Crippen LogP contribution in [0, 0.1) is 0 Å². The number of hydrogen-bond donors (Lipinski definition) is 0. The van der Waals surface area contributed by atoms with Crippen molar-refractivity contribution in [2.24, 2.45) is 0 Å². The van der Waals surface area contributed by atoms with Crippen LogP contribution in [0.4, 0.5) is 0 Å². The Morgan fingerprint density at radius 3 is 2.11 bits per heavy atom. The van der Waals surface area contributed by atoms with Crippen molar-refractivity contribution in [3.63, 3.8) is 0 Å². The van der Waals surface area contributed by atoms with Gasteiger partial charge in [0, 0.05) is 17.7 Å². The minimum absolute atomic E-state index is 0.0457. The van der Waals surface area contributed by atoms with E-state index in [-0.39, 0.29) is 11.0 Å². The minimum atomic E-state index is -0.286. The zero-order chi connectivity index (χ0) is 20.1. The minimum Gasteiger partial charge on any atom is -0.497 e. The average Bonchev–Trinajstić information content (AvgIpc) is 3.15. The van der Waals surface area contributed by atoms with E-state index < -0.39 is 0 Å². The summed E-state index contributed by atoms with van der Waals surface area (Å²) in [7, 11) is 3.24. The van der Waals surface area contributed by atoms with Gasteiger partial charge in [-0.3, -0.25) is 4.79 Å². The van der Waals surface area contributed by atoms with Crippen LogP contribution >= 0.6 is 11.8 Å². The molecule has 146 valence electrons. The number of thioether (sulfide) groups is 1. The molecule has 0 fully saturated rings. The number of ketones is 1. The molecule has 0 radical (unpaired) electrons. The largest absolute Gasteiger partial charge is 0.497 e. The van der Waals surface area contributed by atoms with Gasteiger partial charge in [0.15, 0.2) is 16.8 Å². The predicted molar refractivity (Wildman–Crippen MR) is 110 cm³/mol. The van der Waals surface area contributed by atoms with Crippen LogP contribution in [0.3, 0.4) is 0 Å². The number of carbonyl (C=O) groups is 1. The van der Waals surface area contributed by atoms with Crippen molar-refractivity contribution in [1.82, 2.24) is 14.8 Å². The Hall–Kier alpha value is -2.80. The fraction of sp³-hybridized carbons (Fsp3) is 0.286. The Morgan fingerprint density at radius 2 is 1.57 bits per heavy atom. The van der Waals surface area contributed by atoms with Gasteiger partial charge in [0.2, 0.25) is 0 Å². The molecule has 0 aliphatic rings. The lowest BCUT2D eigenvalue weighted by atomic mass is 10.1. The van der Waals surface area contributed by atoms with E-state index in [1.807, 2.05) is 42.7 Å². The second kappa shape index (κ2) is 8.93. The summed E-state index contributed by atoms with van der Waals surface area (Å²) in [5, 5.41) is 9.10. The van der Waals surface area contributed by atoms with Gasteiger partial charge in [-0.2, -0.15) is 0 Å². The summed E-state index contributed by atoms with van der Waals surface area (Å²) in [6.07, 6.45) is 0. The molecular weight excluding hydrogens is 374 g/mol. The van der Waals surface area contributed by atoms with Crippen molar-refractivity contribution < 1.29 is 14.3 Å². The lowest BCUT2D eigenvalue weighted by Gasteiger charge is -2.12. The smallest absolute Gasteiger partial charge is 0.192 e. The average molecular weight is 398 g/mol. The van der Waals surface area contributed by atoms with E-state index >= 15 is 0 Å². The molecule has 3 aromatic rings. The molecule has 0 aliphatic carbocycles. The van der Waals surface area contributed by atoms with Crippen molar-refractivity contribution in [2.75, 3.05) is 14.2 Å². The highest BCUT2D eigenvalue weighted by molar-refractivity contribution is 8.00. The molecule has 0 saturated carbocycles. The van der Waals surface area contributed by atoms with Gasteiger partial charge in [-0.25, -0.2) is 0 Å². The van der Waals surface area contributed by atoms with Crippen molar-refractivity contribution in [3.8, 4) is 22.9 Å². The van der Waals surface area contributed by atoms with Crippen LogP contribution in [-0.2, 0) is 6.54 Å². The van der Waals surface area contributed by atoms with Crippen molar-refractivity contribution in [2.45, 2.75) is 30.8 Å².